The second-order valence-electron chi connectivity index (χ2n) is 4.57. The van der Waals surface area contributed by atoms with Gasteiger partial charge in [0.25, 0.3) is 0 Å². The van der Waals surface area contributed by atoms with Crippen LogP contribution >= 0.6 is 23.2 Å². The van der Waals surface area contributed by atoms with Crippen LogP contribution in [0.1, 0.15) is 29.7 Å². The molecule has 1 unspecified atom stereocenters. The summed E-state index contributed by atoms with van der Waals surface area (Å²) in [6, 6.07) is 14.2. The molecule has 0 heterocycles. The molecule has 1 nitrogen and oxygen atoms in total. The van der Waals surface area contributed by atoms with Crippen LogP contribution < -0.4 is 5.32 Å². The zero-order chi connectivity index (χ0) is 13.8. The fraction of sp³-hybridized carbons (Fsp3) is 0.250. The zero-order valence-corrected chi connectivity index (χ0v) is 12.6. The lowest BCUT2D eigenvalue weighted by Gasteiger charge is -2.20. The molecule has 3 heteroatoms. The van der Waals surface area contributed by atoms with E-state index in [9.17, 15) is 0 Å². The molecule has 0 saturated heterocycles. The van der Waals surface area contributed by atoms with E-state index in [1.54, 1.807) is 6.07 Å². The van der Waals surface area contributed by atoms with Crippen molar-refractivity contribution in [1.82, 2.24) is 5.32 Å². The van der Waals surface area contributed by atoms with Crippen LogP contribution in [0.25, 0.3) is 0 Å². The predicted molar refractivity (Wildman–Crippen MR) is 83.2 cm³/mol. The van der Waals surface area contributed by atoms with Gasteiger partial charge in [0, 0.05) is 10.0 Å². The minimum absolute atomic E-state index is 0.0923. The quantitative estimate of drug-likeness (QED) is 0.836. The fourth-order valence-corrected chi connectivity index (χ4v) is 2.71. The van der Waals surface area contributed by atoms with Crippen LogP contribution in [-0.2, 0) is 0 Å². The Labute approximate surface area is 124 Å². The highest BCUT2D eigenvalue weighted by Gasteiger charge is 2.16. The molecule has 0 aliphatic heterocycles. The summed E-state index contributed by atoms with van der Waals surface area (Å²) in [6.45, 7) is 5.06. The molecule has 0 radical (unpaired) electrons. The monoisotopic (exact) mass is 293 g/mol. The molecule has 0 aromatic heterocycles. The van der Waals surface area contributed by atoms with Gasteiger partial charge in [-0.2, -0.15) is 0 Å². The fourth-order valence-electron chi connectivity index (χ4n) is 2.20. The number of benzene rings is 2. The van der Waals surface area contributed by atoms with Gasteiger partial charge in [0.15, 0.2) is 0 Å². The highest BCUT2D eigenvalue weighted by molar-refractivity contribution is 6.35. The maximum Gasteiger partial charge on any atom is 0.0591 e. The number of rotatable bonds is 4. The molecule has 1 N–H and O–H groups in total. The minimum Gasteiger partial charge on any atom is -0.306 e. The summed E-state index contributed by atoms with van der Waals surface area (Å²) in [5.74, 6) is 0. The van der Waals surface area contributed by atoms with Crippen molar-refractivity contribution in [3.63, 3.8) is 0 Å². The molecule has 2 aromatic carbocycles. The summed E-state index contributed by atoms with van der Waals surface area (Å²) in [6.07, 6.45) is 0. The van der Waals surface area contributed by atoms with Gasteiger partial charge >= 0.3 is 0 Å². The van der Waals surface area contributed by atoms with Crippen molar-refractivity contribution in [1.29, 1.82) is 0 Å². The van der Waals surface area contributed by atoms with Crippen molar-refractivity contribution >= 4 is 23.2 Å². The Morgan fingerprint density at radius 3 is 2.53 bits per heavy atom. The number of hydrogen-bond donors (Lipinski definition) is 1. The SMILES string of the molecule is CCNC(c1cccc(C)c1)c1ccc(Cl)cc1Cl. The van der Waals surface area contributed by atoms with Crippen LogP contribution in [0, 0.1) is 6.92 Å². The van der Waals surface area contributed by atoms with Crippen molar-refractivity contribution in [3.8, 4) is 0 Å². The number of hydrogen-bond acceptors (Lipinski definition) is 1. The lowest BCUT2D eigenvalue weighted by molar-refractivity contribution is 0.630. The van der Waals surface area contributed by atoms with E-state index in [1.165, 1.54) is 11.1 Å². The van der Waals surface area contributed by atoms with Crippen molar-refractivity contribution in [2.24, 2.45) is 0 Å². The summed E-state index contributed by atoms with van der Waals surface area (Å²) >= 11 is 12.3. The van der Waals surface area contributed by atoms with Crippen LogP contribution in [0.15, 0.2) is 42.5 Å². The average molecular weight is 294 g/mol. The predicted octanol–water partition coefficient (Wildman–Crippen LogP) is 5.00. The van der Waals surface area contributed by atoms with E-state index in [1.807, 2.05) is 12.1 Å². The Bertz CT molecular complexity index is 566. The highest BCUT2D eigenvalue weighted by atomic mass is 35.5. The Hall–Kier alpha value is -1.02. The van der Waals surface area contributed by atoms with Crippen LogP contribution in [0.5, 0.6) is 0 Å². The maximum atomic E-state index is 6.33. The second-order valence-corrected chi connectivity index (χ2v) is 5.41. The van der Waals surface area contributed by atoms with Crippen molar-refractivity contribution in [3.05, 3.63) is 69.2 Å². The summed E-state index contributed by atoms with van der Waals surface area (Å²) < 4.78 is 0. The third-order valence-corrected chi connectivity index (χ3v) is 3.62. The Morgan fingerprint density at radius 1 is 1.11 bits per heavy atom. The van der Waals surface area contributed by atoms with Gasteiger partial charge < -0.3 is 5.32 Å². The first-order chi connectivity index (χ1) is 9.11. The minimum atomic E-state index is 0.0923. The van der Waals surface area contributed by atoms with Crippen LogP contribution in [0.4, 0.5) is 0 Å². The highest BCUT2D eigenvalue weighted by Crippen LogP contribution is 2.30. The van der Waals surface area contributed by atoms with Gasteiger partial charge in [0.1, 0.15) is 0 Å². The van der Waals surface area contributed by atoms with Crippen LogP contribution in [-0.4, -0.2) is 6.54 Å². The van der Waals surface area contributed by atoms with Crippen molar-refractivity contribution in [2.75, 3.05) is 6.54 Å². The summed E-state index contributed by atoms with van der Waals surface area (Å²) in [5.41, 5.74) is 3.51. The standard InChI is InChI=1S/C16H17Cl2N/c1-3-19-16(12-6-4-5-11(2)9-12)14-8-7-13(17)10-15(14)18/h4-10,16,19H,3H2,1-2H3. The average Bonchev–Trinajstić information content (AvgIpc) is 2.37. The molecule has 0 fully saturated rings. The van der Waals surface area contributed by atoms with Crippen LogP contribution in [0.3, 0.4) is 0 Å². The summed E-state index contributed by atoms with van der Waals surface area (Å²) in [4.78, 5) is 0. The van der Waals surface area contributed by atoms with E-state index in [0.29, 0.717) is 10.0 Å². The maximum absolute atomic E-state index is 6.33. The van der Waals surface area contributed by atoms with E-state index in [-0.39, 0.29) is 6.04 Å². The summed E-state index contributed by atoms with van der Waals surface area (Å²) in [7, 11) is 0. The first-order valence-corrected chi connectivity index (χ1v) is 7.12. The van der Waals surface area contributed by atoms with Gasteiger partial charge in [0.2, 0.25) is 0 Å². The largest absolute Gasteiger partial charge is 0.306 e. The first kappa shape index (κ1) is 14.4. The Morgan fingerprint density at radius 2 is 1.89 bits per heavy atom. The van der Waals surface area contributed by atoms with Gasteiger partial charge in [-0.15, -0.1) is 0 Å². The molecule has 0 aliphatic carbocycles. The van der Waals surface area contributed by atoms with Gasteiger partial charge in [-0.1, -0.05) is 66.0 Å². The van der Waals surface area contributed by atoms with E-state index in [4.69, 9.17) is 23.2 Å². The molecular weight excluding hydrogens is 277 g/mol. The number of nitrogens with one attached hydrogen (secondary N) is 1. The molecular formula is C16H17Cl2N. The second kappa shape index (κ2) is 6.42. The van der Waals surface area contributed by atoms with Gasteiger partial charge in [-0.25, -0.2) is 0 Å². The molecule has 0 bridgehead atoms. The molecule has 0 spiro atoms. The van der Waals surface area contributed by atoms with Gasteiger partial charge in [-0.3, -0.25) is 0 Å². The topological polar surface area (TPSA) is 12.0 Å². The van der Waals surface area contributed by atoms with Crippen molar-refractivity contribution < 1.29 is 0 Å². The van der Waals surface area contributed by atoms with E-state index < -0.39 is 0 Å². The molecule has 2 aromatic rings. The third-order valence-electron chi connectivity index (χ3n) is 3.06. The van der Waals surface area contributed by atoms with E-state index in [2.05, 4.69) is 43.4 Å². The van der Waals surface area contributed by atoms with Gasteiger partial charge in [-0.05, 0) is 36.7 Å². The lowest BCUT2D eigenvalue weighted by atomic mass is 9.97. The number of aryl methyl sites for hydroxylation is 1. The molecule has 0 saturated carbocycles. The zero-order valence-electron chi connectivity index (χ0n) is 11.1. The van der Waals surface area contributed by atoms with Gasteiger partial charge in [0.05, 0.1) is 6.04 Å². The smallest absolute Gasteiger partial charge is 0.0591 e. The van der Waals surface area contributed by atoms with E-state index >= 15 is 0 Å². The van der Waals surface area contributed by atoms with E-state index in [0.717, 1.165) is 12.1 Å². The normalized spacial score (nSPS) is 12.4. The first-order valence-electron chi connectivity index (χ1n) is 6.36. The molecule has 2 rings (SSSR count). The third kappa shape index (κ3) is 3.50. The Balaban J connectivity index is 2.45. The number of halogens is 2. The molecule has 0 aliphatic rings. The summed E-state index contributed by atoms with van der Waals surface area (Å²) in [5, 5.41) is 4.83. The lowest BCUT2D eigenvalue weighted by Crippen LogP contribution is -2.22. The Kier molecular flexibility index (Phi) is 4.87. The molecule has 1 atom stereocenters. The molecule has 100 valence electrons. The van der Waals surface area contributed by atoms with Crippen molar-refractivity contribution in [2.45, 2.75) is 19.9 Å². The molecule has 0 amide bonds. The molecule has 19 heavy (non-hydrogen) atoms. The van der Waals surface area contributed by atoms with Crippen LogP contribution in [0.2, 0.25) is 10.0 Å².